The highest BCUT2D eigenvalue weighted by Crippen LogP contribution is 1.76. The van der Waals surface area contributed by atoms with Crippen LogP contribution in [0.25, 0.3) is 0 Å². The third-order valence-corrected chi connectivity index (χ3v) is 0.848. The van der Waals surface area contributed by atoms with E-state index in [1.54, 1.807) is 0 Å². The van der Waals surface area contributed by atoms with Crippen LogP contribution in [-0.2, 0) is 0 Å². The second-order valence-corrected chi connectivity index (χ2v) is 1.77. The summed E-state index contributed by atoms with van der Waals surface area (Å²) < 4.78 is 0. The standard InChI is InChI=1S/C8H14N2/c1-4-6-9-8(3)10-7-5-2/h4-7,9-10H,3H2,1-2H3. The molecule has 0 unspecified atom stereocenters. The Morgan fingerprint density at radius 2 is 1.50 bits per heavy atom. The molecule has 2 N–H and O–H groups in total. The van der Waals surface area contributed by atoms with Crippen LogP contribution in [0.2, 0.25) is 0 Å². The lowest BCUT2D eigenvalue weighted by molar-refractivity contribution is 0.916. The SMILES string of the molecule is C=C(NC=CC)NC=CC. The van der Waals surface area contributed by atoms with Gasteiger partial charge in [0.2, 0.25) is 0 Å². The smallest absolute Gasteiger partial charge is 0.0992 e. The van der Waals surface area contributed by atoms with Gasteiger partial charge < -0.3 is 10.6 Å². The van der Waals surface area contributed by atoms with Gasteiger partial charge in [-0.05, 0) is 26.2 Å². The van der Waals surface area contributed by atoms with Gasteiger partial charge in [-0.25, -0.2) is 0 Å². The lowest BCUT2D eigenvalue weighted by Crippen LogP contribution is -2.15. The molecule has 10 heavy (non-hydrogen) atoms. The molecule has 0 radical (unpaired) electrons. The molecule has 0 aliphatic heterocycles. The maximum Gasteiger partial charge on any atom is 0.0992 e. The van der Waals surface area contributed by atoms with Gasteiger partial charge in [-0.1, -0.05) is 18.7 Å². The van der Waals surface area contributed by atoms with E-state index in [0.29, 0.717) is 0 Å². The summed E-state index contributed by atoms with van der Waals surface area (Å²) in [6.07, 6.45) is 7.45. The molecule has 0 fully saturated rings. The van der Waals surface area contributed by atoms with E-state index in [9.17, 15) is 0 Å². The van der Waals surface area contributed by atoms with E-state index in [1.165, 1.54) is 0 Å². The maximum atomic E-state index is 3.70. The highest BCUT2D eigenvalue weighted by atomic mass is 15.1. The molecular formula is C8H14N2. The molecule has 0 aliphatic carbocycles. The van der Waals surface area contributed by atoms with Crippen LogP contribution in [0.15, 0.2) is 37.0 Å². The molecule has 0 heterocycles. The van der Waals surface area contributed by atoms with E-state index in [1.807, 2.05) is 38.4 Å². The van der Waals surface area contributed by atoms with E-state index in [2.05, 4.69) is 17.2 Å². The van der Waals surface area contributed by atoms with Gasteiger partial charge in [0.15, 0.2) is 0 Å². The van der Waals surface area contributed by atoms with Crippen molar-refractivity contribution in [2.45, 2.75) is 13.8 Å². The van der Waals surface area contributed by atoms with Crippen LogP contribution >= 0.6 is 0 Å². The minimum Gasteiger partial charge on any atom is -0.349 e. The molecule has 0 aromatic rings. The number of hydrogen-bond donors (Lipinski definition) is 2. The quantitative estimate of drug-likeness (QED) is 0.618. The van der Waals surface area contributed by atoms with E-state index in [-0.39, 0.29) is 0 Å². The molecule has 0 bridgehead atoms. The van der Waals surface area contributed by atoms with Crippen molar-refractivity contribution in [3.8, 4) is 0 Å². The molecule has 0 saturated heterocycles. The topological polar surface area (TPSA) is 24.1 Å². The summed E-state index contributed by atoms with van der Waals surface area (Å²) in [5.74, 6) is 0.774. The Kier molecular flexibility index (Phi) is 5.25. The van der Waals surface area contributed by atoms with Crippen LogP contribution in [0.1, 0.15) is 13.8 Å². The van der Waals surface area contributed by atoms with Gasteiger partial charge in [0, 0.05) is 0 Å². The van der Waals surface area contributed by atoms with Gasteiger partial charge in [-0.2, -0.15) is 0 Å². The number of rotatable bonds is 4. The molecule has 0 aromatic carbocycles. The molecule has 0 rings (SSSR count). The van der Waals surface area contributed by atoms with Crippen molar-refractivity contribution in [3.63, 3.8) is 0 Å². The molecular weight excluding hydrogens is 124 g/mol. The molecule has 0 aromatic heterocycles. The van der Waals surface area contributed by atoms with Crippen molar-refractivity contribution in [1.82, 2.24) is 10.6 Å². The predicted molar refractivity (Wildman–Crippen MR) is 45.0 cm³/mol. The van der Waals surface area contributed by atoms with Crippen LogP contribution in [-0.4, -0.2) is 0 Å². The third kappa shape index (κ3) is 4.97. The third-order valence-electron chi connectivity index (χ3n) is 0.848. The van der Waals surface area contributed by atoms with E-state index in [0.717, 1.165) is 5.82 Å². The fraction of sp³-hybridized carbons (Fsp3) is 0.250. The first-order valence-electron chi connectivity index (χ1n) is 3.25. The highest BCUT2D eigenvalue weighted by molar-refractivity contribution is 4.98. The van der Waals surface area contributed by atoms with Crippen molar-refractivity contribution in [1.29, 1.82) is 0 Å². The molecule has 0 saturated carbocycles. The molecule has 2 nitrogen and oxygen atoms in total. The van der Waals surface area contributed by atoms with Crippen LogP contribution in [0, 0.1) is 0 Å². The van der Waals surface area contributed by atoms with Crippen LogP contribution in [0.3, 0.4) is 0 Å². The molecule has 0 amide bonds. The van der Waals surface area contributed by atoms with Gasteiger partial charge in [-0.3, -0.25) is 0 Å². The average molecular weight is 138 g/mol. The Balaban J connectivity index is 3.44. The molecule has 0 atom stereocenters. The van der Waals surface area contributed by atoms with Crippen LogP contribution < -0.4 is 10.6 Å². The first kappa shape index (κ1) is 8.82. The molecule has 56 valence electrons. The Morgan fingerprint density at radius 3 is 1.80 bits per heavy atom. The largest absolute Gasteiger partial charge is 0.349 e. The molecule has 0 aliphatic rings. The zero-order valence-corrected chi connectivity index (χ0v) is 6.52. The Labute approximate surface area is 62.3 Å². The van der Waals surface area contributed by atoms with E-state index < -0.39 is 0 Å². The second kappa shape index (κ2) is 5.95. The zero-order chi connectivity index (χ0) is 7.82. The van der Waals surface area contributed by atoms with Crippen molar-refractivity contribution in [2.75, 3.05) is 0 Å². The van der Waals surface area contributed by atoms with E-state index >= 15 is 0 Å². The fourth-order valence-electron chi connectivity index (χ4n) is 0.410. The monoisotopic (exact) mass is 138 g/mol. The zero-order valence-electron chi connectivity index (χ0n) is 6.52. The minimum absolute atomic E-state index is 0.774. The van der Waals surface area contributed by atoms with Crippen LogP contribution in [0.5, 0.6) is 0 Å². The highest BCUT2D eigenvalue weighted by Gasteiger charge is 1.79. The summed E-state index contributed by atoms with van der Waals surface area (Å²) in [5.41, 5.74) is 0. The minimum atomic E-state index is 0.774. The molecule has 2 heteroatoms. The lowest BCUT2D eigenvalue weighted by Gasteiger charge is -2.02. The predicted octanol–water partition coefficient (Wildman–Crippen LogP) is 1.70. The van der Waals surface area contributed by atoms with Gasteiger partial charge in [0.1, 0.15) is 0 Å². The Bertz CT molecular complexity index is 129. The maximum absolute atomic E-state index is 3.70. The normalized spacial score (nSPS) is 10.6. The Hall–Kier alpha value is -1.18. The van der Waals surface area contributed by atoms with Gasteiger partial charge in [0.25, 0.3) is 0 Å². The fourth-order valence-corrected chi connectivity index (χ4v) is 0.410. The van der Waals surface area contributed by atoms with Crippen molar-refractivity contribution in [2.24, 2.45) is 0 Å². The first-order valence-corrected chi connectivity index (χ1v) is 3.25. The summed E-state index contributed by atoms with van der Waals surface area (Å²) >= 11 is 0. The van der Waals surface area contributed by atoms with Crippen molar-refractivity contribution in [3.05, 3.63) is 37.0 Å². The summed E-state index contributed by atoms with van der Waals surface area (Å²) in [6.45, 7) is 7.59. The first-order chi connectivity index (χ1) is 4.81. The van der Waals surface area contributed by atoms with Gasteiger partial charge in [0.05, 0.1) is 5.82 Å². The van der Waals surface area contributed by atoms with Crippen molar-refractivity contribution < 1.29 is 0 Å². The average Bonchev–Trinajstić information content (AvgIpc) is 1.97. The molecule has 0 spiro atoms. The van der Waals surface area contributed by atoms with E-state index in [4.69, 9.17) is 0 Å². The van der Waals surface area contributed by atoms with Crippen LogP contribution in [0.4, 0.5) is 0 Å². The summed E-state index contributed by atoms with van der Waals surface area (Å²) in [6, 6.07) is 0. The second-order valence-electron chi connectivity index (χ2n) is 1.77. The summed E-state index contributed by atoms with van der Waals surface area (Å²) in [7, 11) is 0. The van der Waals surface area contributed by atoms with Crippen molar-refractivity contribution >= 4 is 0 Å². The Morgan fingerprint density at radius 1 is 1.10 bits per heavy atom. The number of nitrogens with one attached hydrogen (secondary N) is 2. The summed E-state index contributed by atoms with van der Waals surface area (Å²) in [4.78, 5) is 0. The number of allylic oxidation sites excluding steroid dienone is 2. The lowest BCUT2D eigenvalue weighted by atomic mass is 10.6. The summed E-state index contributed by atoms with van der Waals surface area (Å²) in [5, 5.41) is 5.86. The number of hydrogen-bond acceptors (Lipinski definition) is 2. The van der Waals surface area contributed by atoms with Gasteiger partial charge in [-0.15, -0.1) is 0 Å². The van der Waals surface area contributed by atoms with Gasteiger partial charge >= 0.3 is 0 Å².